The van der Waals surface area contributed by atoms with Crippen molar-refractivity contribution >= 4 is 34.1 Å². The zero-order valence-electron chi connectivity index (χ0n) is 13.8. The summed E-state index contributed by atoms with van der Waals surface area (Å²) in [6.07, 6.45) is 3.33. The lowest BCUT2D eigenvalue weighted by Gasteiger charge is -2.14. The van der Waals surface area contributed by atoms with Crippen LogP contribution < -0.4 is 11.0 Å². The van der Waals surface area contributed by atoms with E-state index < -0.39 is 5.69 Å². The van der Waals surface area contributed by atoms with Crippen LogP contribution >= 0.6 is 11.6 Å². The molecule has 3 aromatic heterocycles. The van der Waals surface area contributed by atoms with Gasteiger partial charge in [-0.3, -0.25) is 4.98 Å². The maximum Gasteiger partial charge on any atom is 0.355 e. The highest BCUT2D eigenvalue weighted by atomic mass is 35.5. The SMILES string of the molecule is Cc1ccc2c(Nc3ccncc3)nc(=O)n(-c3ccccc3Cl)c2n1. The van der Waals surface area contributed by atoms with E-state index in [4.69, 9.17) is 11.6 Å². The van der Waals surface area contributed by atoms with Crippen LogP contribution in [0.4, 0.5) is 11.5 Å². The summed E-state index contributed by atoms with van der Waals surface area (Å²) in [5, 5.41) is 4.33. The lowest BCUT2D eigenvalue weighted by atomic mass is 10.2. The Bertz CT molecular complexity index is 1160. The fraction of sp³-hybridized carbons (Fsp3) is 0.0526. The van der Waals surface area contributed by atoms with Crippen LogP contribution in [0.2, 0.25) is 5.02 Å². The number of hydrogen-bond acceptors (Lipinski definition) is 5. The molecule has 0 amide bonds. The molecule has 0 bridgehead atoms. The van der Waals surface area contributed by atoms with Gasteiger partial charge in [0.15, 0.2) is 5.65 Å². The van der Waals surface area contributed by atoms with Crippen molar-refractivity contribution in [1.82, 2.24) is 19.5 Å². The topological polar surface area (TPSA) is 72.7 Å². The zero-order chi connectivity index (χ0) is 18.1. The maximum absolute atomic E-state index is 12.8. The highest BCUT2D eigenvalue weighted by molar-refractivity contribution is 6.32. The van der Waals surface area contributed by atoms with Gasteiger partial charge in [-0.15, -0.1) is 0 Å². The predicted molar refractivity (Wildman–Crippen MR) is 102 cm³/mol. The second-order valence-corrected chi connectivity index (χ2v) is 6.12. The van der Waals surface area contributed by atoms with E-state index in [0.717, 1.165) is 11.4 Å². The number of pyridine rings is 2. The molecule has 7 heteroatoms. The van der Waals surface area contributed by atoms with E-state index in [-0.39, 0.29) is 0 Å². The summed E-state index contributed by atoms with van der Waals surface area (Å²) in [5.74, 6) is 0.437. The summed E-state index contributed by atoms with van der Waals surface area (Å²) in [5.41, 5.74) is 2.16. The minimum absolute atomic E-state index is 0.437. The van der Waals surface area contributed by atoms with Gasteiger partial charge in [0.05, 0.1) is 16.1 Å². The first-order valence-corrected chi connectivity index (χ1v) is 8.33. The van der Waals surface area contributed by atoms with Crippen molar-refractivity contribution in [3.8, 4) is 5.69 Å². The molecule has 0 fully saturated rings. The Kier molecular flexibility index (Phi) is 4.10. The Morgan fingerprint density at radius 3 is 2.54 bits per heavy atom. The van der Waals surface area contributed by atoms with Crippen LogP contribution in [-0.2, 0) is 0 Å². The minimum Gasteiger partial charge on any atom is -0.339 e. The Hall–Kier alpha value is -3.25. The molecule has 4 aromatic rings. The van der Waals surface area contributed by atoms with Crippen LogP contribution in [0.5, 0.6) is 0 Å². The van der Waals surface area contributed by atoms with Gasteiger partial charge in [-0.1, -0.05) is 23.7 Å². The number of aryl methyl sites for hydroxylation is 1. The zero-order valence-corrected chi connectivity index (χ0v) is 14.6. The van der Waals surface area contributed by atoms with Crippen molar-refractivity contribution in [2.24, 2.45) is 0 Å². The van der Waals surface area contributed by atoms with Crippen molar-refractivity contribution < 1.29 is 0 Å². The number of benzene rings is 1. The van der Waals surface area contributed by atoms with Crippen molar-refractivity contribution in [2.75, 3.05) is 5.32 Å². The molecule has 0 radical (unpaired) electrons. The van der Waals surface area contributed by atoms with Crippen LogP contribution in [-0.4, -0.2) is 19.5 Å². The van der Waals surface area contributed by atoms with E-state index in [1.807, 2.05) is 31.2 Å². The van der Waals surface area contributed by atoms with Gasteiger partial charge in [0.1, 0.15) is 5.82 Å². The number of nitrogens with one attached hydrogen (secondary N) is 1. The van der Waals surface area contributed by atoms with E-state index in [1.165, 1.54) is 4.57 Å². The van der Waals surface area contributed by atoms with Gasteiger partial charge in [0.25, 0.3) is 0 Å². The minimum atomic E-state index is -0.458. The third-order valence-electron chi connectivity index (χ3n) is 3.92. The van der Waals surface area contributed by atoms with Crippen LogP contribution in [0.15, 0.2) is 65.7 Å². The summed E-state index contributed by atoms with van der Waals surface area (Å²) in [7, 11) is 0. The molecule has 0 atom stereocenters. The molecule has 4 rings (SSSR count). The van der Waals surface area contributed by atoms with Crippen molar-refractivity contribution in [3.63, 3.8) is 0 Å². The molecular weight excluding hydrogens is 350 g/mol. The average Bonchev–Trinajstić information content (AvgIpc) is 2.64. The fourth-order valence-corrected chi connectivity index (χ4v) is 2.93. The number of halogens is 1. The average molecular weight is 364 g/mol. The molecule has 1 aromatic carbocycles. The van der Waals surface area contributed by atoms with Crippen molar-refractivity contribution in [1.29, 1.82) is 0 Å². The van der Waals surface area contributed by atoms with E-state index in [0.29, 0.717) is 27.6 Å². The first-order chi connectivity index (χ1) is 12.6. The lowest BCUT2D eigenvalue weighted by molar-refractivity contribution is 0.939. The largest absolute Gasteiger partial charge is 0.355 e. The van der Waals surface area contributed by atoms with Crippen LogP contribution in [0.3, 0.4) is 0 Å². The lowest BCUT2D eigenvalue weighted by Crippen LogP contribution is -2.24. The van der Waals surface area contributed by atoms with Gasteiger partial charge in [-0.05, 0) is 43.3 Å². The molecule has 6 nitrogen and oxygen atoms in total. The van der Waals surface area contributed by atoms with Gasteiger partial charge in [-0.25, -0.2) is 14.3 Å². The number of para-hydroxylation sites is 1. The van der Waals surface area contributed by atoms with Gasteiger partial charge in [0, 0.05) is 23.8 Å². The second kappa shape index (κ2) is 6.57. The summed E-state index contributed by atoms with van der Waals surface area (Å²) < 4.78 is 1.43. The Morgan fingerprint density at radius 1 is 1.00 bits per heavy atom. The molecule has 0 spiro atoms. The first kappa shape index (κ1) is 16.2. The summed E-state index contributed by atoms with van der Waals surface area (Å²) in [6, 6.07) is 14.5. The second-order valence-electron chi connectivity index (χ2n) is 5.71. The Morgan fingerprint density at radius 2 is 1.77 bits per heavy atom. The number of aromatic nitrogens is 4. The van der Waals surface area contributed by atoms with E-state index >= 15 is 0 Å². The quantitative estimate of drug-likeness (QED) is 0.598. The van der Waals surface area contributed by atoms with E-state index in [2.05, 4.69) is 20.3 Å². The highest BCUT2D eigenvalue weighted by Gasteiger charge is 2.15. The number of rotatable bonds is 3. The van der Waals surface area contributed by atoms with E-state index in [9.17, 15) is 4.79 Å². The molecule has 26 heavy (non-hydrogen) atoms. The molecule has 0 aliphatic heterocycles. The van der Waals surface area contributed by atoms with Crippen molar-refractivity contribution in [3.05, 3.63) is 82.1 Å². The molecule has 1 N–H and O–H groups in total. The molecule has 3 heterocycles. The van der Waals surface area contributed by atoms with Gasteiger partial charge >= 0.3 is 5.69 Å². The monoisotopic (exact) mass is 363 g/mol. The standard InChI is InChI=1S/C19H14ClN5O/c1-12-6-7-14-17(23-13-8-10-21-11-9-13)24-19(26)25(18(14)22-12)16-5-3-2-4-15(16)20/h2-11H,1H3,(H,21,23,24,26). The number of fused-ring (bicyclic) bond motifs is 1. The fourth-order valence-electron chi connectivity index (χ4n) is 2.71. The normalized spacial score (nSPS) is 10.8. The molecule has 0 saturated heterocycles. The summed E-state index contributed by atoms with van der Waals surface area (Å²) >= 11 is 6.30. The number of anilines is 2. The van der Waals surface area contributed by atoms with Crippen LogP contribution in [0, 0.1) is 6.92 Å². The predicted octanol–water partition coefficient (Wildman–Crippen LogP) is 3.88. The molecule has 0 aliphatic carbocycles. The molecule has 128 valence electrons. The Labute approximate surface area is 154 Å². The molecule has 0 unspecified atom stereocenters. The molecule has 0 saturated carbocycles. The first-order valence-electron chi connectivity index (χ1n) is 7.96. The third kappa shape index (κ3) is 2.91. The van der Waals surface area contributed by atoms with Crippen LogP contribution in [0.1, 0.15) is 5.69 Å². The van der Waals surface area contributed by atoms with Crippen molar-refractivity contribution in [2.45, 2.75) is 6.92 Å². The van der Waals surface area contributed by atoms with E-state index in [1.54, 1.807) is 36.7 Å². The molecule has 0 aliphatic rings. The Balaban J connectivity index is 2.00. The number of nitrogens with zero attached hydrogens (tertiary/aromatic N) is 4. The third-order valence-corrected chi connectivity index (χ3v) is 4.24. The number of hydrogen-bond donors (Lipinski definition) is 1. The maximum atomic E-state index is 12.8. The molecular formula is C19H14ClN5O. The van der Waals surface area contributed by atoms with Gasteiger partial charge < -0.3 is 5.32 Å². The van der Waals surface area contributed by atoms with Crippen LogP contribution in [0.25, 0.3) is 16.7 Å². The van der Waals surface area contributed by atoms with Gasteiger partial charge in [-0.2, -0.15) is 4.98 Å². The summed E-state index contributed by atoms with van der Waals surface area (Å²) in [4.78, 5) is 25.6. The highest BCUT2D eigenvalue weighted by Crippen LogP contribution is 2.26. The smallest absolute Gasteiger partial charge is 0.339 e. The van der Waals surface area contributed by atoms with Gasteiger partial charge in [0.2, 0.25) is 0 Å². The summed E-state index contributed by atoms with van der Waals surface area (Å²) in [6.45, 7) is 1.87.